The van der Waals surface area contributed by atoms with Gasteiger partial charge in [-0.25, -0.2) is 0 Å². The number of nitrogens with one attached hydrogen (secondary N) is 1. The number of hydrogen-bond acceptors (Lipinski definition) is 2. The van der Waals surface area contributed by atoms with Crippen LogP contribution >= 0.6 is 0 Å². The molecular formula is C11H18N2O2. The number of nitrogens with zero attached hydrogens (tertiary/aromatic N) is 1. The molecule has 1 atom stereocenters. The number of carbonyl (C=O) groups excluding carboxylic acids is 2. The van der Waals surface area contributed by atoms with Crippen molar-refractivity contribution < 1.29 is 9.59 Å². The molecule has 1 spiro atoms. The zero-order valence-electron chi connectivity index (χ0n) is 9.38. The summed E-state index contributed by atoms with van der Waals surface area (Å²) >= 11 is 0. The summed E-state index contributed by atoms with van der Waals surface area (Å²) in [5.41, 5.74) is -0.540. The molecule has 0 aromatic rings. The van der Waals surface area contributed by atoms with E-state index in [1.807, 2.05) is 0 Å². The topological polar surface area (TPSA) is 49.4 Å². The molecule has 2 aliphatic rings. The first-order valence-corrected chi connectivity index (χ1v) is 5.66. The minimum Gasteiger partial charge on any atom is -0.343 e. The van der Waals surface area contributed by atoms with Gasteiger partial charge in [-0.15, -0.1) is 0 Å². The summed E-state index contributed by atoms with van der Waals surface area (Å²) in [5.74, 6) is 0.0771. The largest absolute Gasteiger partial charge is 0.343 e. The molecule has 2 amide bonds. The SMILES string of the molecule is CC1NC(=O)C2(CCCCC2)N(C)C1=O. The highest BCUT2D eigenvalue weighted by Crippen LogP contribution is 2.35. The Morgan fingerprint density at radius 2 is 1.87 bits per heavy atom. The molecule has 1 saturated carbocycles. The predicted molar refractivity (Wildman–Crippen MR) is 56.2 cm³/mol. The molecule has 0 aromatic carbocycles. The zero-order valence-corrected chi connectivity index (χ0v) is 9.38. The van der Waals surface area contributed by atoms with E-state index in [4.69, 9.17) is 0 Å². The van der Waals surface area contributed by atoms with Gasteiger partial charge >= 0.3 is 0 Å². The number of carbonyl (C=O) groups is 2. The maximum absolute atomic E-state index is 12.0. The van der Waals surface area contributed by atoms with E-state index in [0.29, 0.717) is 0 Å². The van der Waals surface area contributed by atoms with Gasteiger partial charge in [0.05, 0.1) is 0 Å². The summed E-state index contributed by atoms with van der Waals surface area (Å²) in [7, 11) is 1.77. The Morgan fingerprint density at radius 3 is 2.47 bits per heavy atom. The lowest BCUT2D eigenvalue weighted by molar-refractivity contribution is -0.157. The van der Waals surface area contributed by atoms with Gasteiger partial charge in [0.15, 0.2) is 0 Å². The first-order valence-electron chi connectivity index (χ1n) is 5.66. The van der Waals surface area contributed by atoms with Crippen LogP contribution in [0.4, 0.5) is 0 Å². The van der Waals surface area contributed by atoms with Crippen LogP contribution in [0.2, 0.25) is 0 Å². The average molecular weight is 210 g/mol. The number of hydrogen-bond donors (Lipinski definition) is 1. The number of piperazine rings is 1. The third kappa shape index (κ3) is 1.43. The fourth-order valence-electron chi connectivity index (χ4n) is 2.75. The summed E-state index contributed by atoms with van der Waals surface area (Å²) in [6, 6.07) is -0.366. The molecule has 2 fully saturated rings. The van der Waals surface area contributed by atoms with E-state index in [1.54, 1.807) is 18.9 Å². The number of rotatable bonds is 0. The summed E-state index contributed by atoms with van der Waals surface area (Å²) in [4.78, 5) is 25.6. The molecule has 1 heterocycles. The fourth-order valence-corrected chi connectivity index (χ4v) is 2.75. The van der Waals surface area contributed by atoms with E-state index in [1.165, 1.54) is 6.42 Å². The maximum atomic E-state index is 12.0. The van der Waals surface area contributed by atoms with Crippen LogP contribution in [0.1, 0.15) is 39.0 Å². The lowest BCUT2D eigenvalue weighted by Crippen LogP contribution is -2.69. The molecular weight excluding hydrogens is 192 g/mol. The van der Waals surface area contributed by atoms with Gasteiger partial charge in [0.2, 0.25) is 11.8 Å². The highest BCUT2D eigenvalue weighted by atomic mass is 16.2. The van der Waals surface area contributed by atoms with Gasteiger partial charge in [-0.1, -0.05) is 19.3 Å². The van der Waals surface area contributed by atoms with Crippen LogP contribution in [0.25, 0.3) is 0 Å². The molecule has 0 aromatic heterocycles. The van der Waals surface area contributed by atoms with Crippen LogP contribution in [0.5, 0.6) is 0 Å². The maximum Gasteiger partial charge on any atom is 0.246 e. The van der Waals surface area contributed by atoms with E-state index in [-0.39, 0.29) is 17.9 Å². The van der Waals surface area contributed by atoms with Gasteiger partial charge < -0.3 is 10.2 Å². The normalized spacial score (nSPS) is 30.5. The predicted octanol–water partition coefficient (Wildman–Crippen LogP) is 0.666. The Labute approximate surface area is 90.0 Å². The lowest BCUT2D eigenvalue weighted by atomic mass is 9.78. The van der Waals surface area contributed by atoms with Crippen molar-refractivity contribution in [3.8, 4) is 0 Å². The van der Waals surface area contributed by atoms with Gasteiger partial charge in [-0.3, -0.25) is 9.59 Å². The van der Waals surface area contributed by atoms with Crippen LogP contribution in [-0.2, 0) is 9.59 Å². The van der Waals surface area contributed by atoms with Crippen molar-refractivity contribution in [3.05, 3.63) is 0 Å². The number of amides is 2. The van der Waals surface area contributed by atoms with Gasteiger partial charge in [-0.2, -0.15) is 0 Å². The summed E-state index contributed by atoms with van der Waals surface area (Å²) in [5, 5.41) is 2.79. The molecule has 0 bridgehead atoms. The molecule has 1 unspecified atom stereocenters. The van der Waals surface area contributed by atoms with Crippen molar-refractivity contribution in [1.82, 2.24) is 10.2 Å². The first kappa shape index (κ1) is 10.5. The first-order chi connectivity index (χ1) is 7.08. The summed E-state index contributed by atoms with van der Waals surface area (Å²) in [6.07, 6.45) is 4.88. The monoisotopic (exact) mass is 210 g/mol. The minimum atomic E-state index is -0.540. The van der Waals surface area contributed by atoms with E-state index in [2.05, 4.69) is 5.32 Å². The minimum absolute atomic E-state index is 0.0384. The van der Waals surface area contributed by atoms with Crippen molar-refractivity contribution >= 4 is 11.8 Å². The van der Waals surface area contributed by atoms with Gasteiger partial charge in [0, 0.05) is 7.05 Å². The molecule has 4 heteroatoms. The average Bonchev–Trinajstić information content (AvgIpc) is 2.26. The Hall–Kier alpha value is -1.06. The van der Waals surface area contributed by atoms with E-state index < -0.39 is 5.54 Å². The molecule has 1 N–H and O–H groups in total. The van der Waals surface area contributed by atoms with Crippen LogP contribution < -0.4 is 5.32 Å². The molecule has 0 radical (unpaired) electrons. The van der Waals surface area contributed by atoms with Crippen molar-refractivity contribution in [2.45, 2.75) is 50.6 Å². The smallest absolute Gasteiger partial charge is 0.246 e. The molecule has 15 heavy (non-hydrogen) atoms. The Bertz CT molecular complexity index is 295. The lowest BCUT2D eigenvalue weighted by Gasteiger charge is -2.47. The van der Waals surface area contributed by atoms with Crippen LogP contribution in [-0.4, -0.2) is 35.3 Å². The van der Waals surface area contributed by atoms with Crippen LogP contribution in [0, 0.1) is 0 Å². The van der Waals surface area contributed by atoms with E-state index >= 15 is 0 Å². The third-order valence-corrected chi connectivity index (χ3v) is 3.79. The Kier molecular flexibility index (Phi) is 2.44. The van der Waals surface area contributed by atoms with Gasteiger partial charge in [0.1, 0.15) is 11.6 Å². The second-order valence-corrected chi connectivity index (χ2v) is 4.68. The summed E-state index contributed by atoms with van der Waals surface area (Å²) < 4.78 is 0. The molecule has 1 saturated heterocycles. The van der Waals surface area contributed by atoms with E-state index in [0.717, 1.165) is 25.7 Å². The van der Waals surface area contributed by atoms with Crippen molar-refractivity contribution in [3.63, 3.8) is 0 Å². The highest BCUT2D eigenvalue weighted by Gasteiger charge is 2.49. The van der Waals surface area contributed by atoms with E-state index in [9.17, 15) is 9.59 Å². The third-order valence-electron chi connectivity index (χ3n) is 3.79. The molecule has 4 nitrogen and oxygen atoms in total. The van der Waals surface area contributed by atoms with Gasteiger partial charge in [0.25, 0.3) is 0 Å². The molecule has 2 rings (SSSR count). The molecule has 1 aliphatic heterocycles. The number of likely N-dealkylation sites (N-methyl/N-ethyl adjacent to an activating group) is 1. The fraction of sp³-hybridized carbons (Fsp3) is 0.818. The zero-order chi connectivity index (χ0) is 11.1. The van der Waals surface area contributed by atoms with Gasteiger partial charge in [-0.05, 0) is 19.8 Å². The van der Waals surface area contributed by atoms with Crippen molar-refractivity contribution in [1.29, 1.82) is 0 Å². The standard InChI is InChI=1S/C11H18N2O2/c1-8-9(14)13(2)11(10(15)12-8)6-4-3-5-7-11/h8H,3-7H2,1-2H3,(H,12,15). The van der Waals surface area contributed by atoms with Crippen molar-refractivity contribution in [2.75, 3.05) is 7.05 Å². The van der Waals surface area contributed by atoms with Crippen molar-refractivity contribution in [2.24, 2.45) is 0 Å². The summed E-state index contributed by atoms with van der Waals surface area (Å²) in [6.45, 7) is 1.74. The quantitative estimate of drug-likeness (QED) is 0.638. The highest BCUT2D eigenvalue weighted by molar-refractivity contribution is 5.99. The second-order valence-electron chi connectivity index (χ2n) is 4.68. The molecule has 1 aliphatic carbocycles. The molecule has 84 valence electrons. The Balaban J connectivity index is 2.28. The van der Waals surface area contributed by atoms with Crippen LogP contribution in [0.15, 0.2) is 0 Å². The second kappa shape index (κ2) is 3.51. The Morgan fingerprint density at radius 1 is 1.27 bits per heavy atom. The van der Waals surface area contributed by atoms with Crippen LogP contribution in [0.3, 0.4) is 0 Å².